The molecular weight excluding hydrogens is 719 g/mol. The van der Waals surface area contributed by atoms with E-state index in [1.807, 2.05) is 26.0 Å². The van der Waals surface area contributed by atoms with Crippen LogP contribution in [0.4, 0.5) is 11.4 Å². The summed E-state index contributed by atoms with van der Waals surface area (Å²) in [5, 5.41) is 0. The zero-order chi connectivity index (χ0) is 39.2. The number of benzene rings is 4. The van der Waals surface area contributed by atoms with Crippen LogP contribution < -0.4 is 9.80 Å². The first-order valence-corrected chi connectivity index (χ1v) is 21.0. The Kier molecular flexibility index (Phi) is 12.8. The van der Waals surface area contributed by atoms with Crippen LogP contribution in [0.1, 0.15) is 62.4 Å². The Morgan fingerprint density at radius 2 is 1.24 bits per heavy atom. The summed E-state index contributed by atoms with van der Waals surface area (Å²) in [6.07, 6.45) is 6.40. The summed E-state index contributed by atoms with van der Waals surface area (Å²) in [6.45, 7) is 16.6. The van der Waals surface area contributed by atoms with Crippen LogP contribution >= 0.6 is 0 Å². The summed E-state index contributed by atoms with van der Waals surface area (Å²) in [5.74, 6) is 0. The van der Waals surface area contributed by atoms with E-state index < -0.39 is 20.2 Å². The zero-order valence-corrected chi connectivity index (χ0v) is 33.4. The van der Waals surface area contributed by atoms with Crippen molar-refractivity contribution in [3.63, 3.8) is 0 Å². The second-order valence-electron chi connectivity index (χ2n) is 13.3. The Morgan fingerprint density at radius 3 is 1.78 bits per heavy atom. The predicted octanol–water partition coefficient (Wildman–Crippen LogP) is 7.67. The maximum absolute atomic E-state index is 11.7. The van der Waals surface area contributed by atoms with Gasteiger partial charge in [-0.25, -0.2) is 21.4 Å². The van der Waals surface area contributed by atoms with Crippen LogP contribution in [-0.2, 0) is 33.3 Å². The van der Waals surface area contributed by atoms with E-state index in [2.05, 4.69) is 103 Å². The summed E-state index contributed by atoms with van der Waals surface area (Å²) in [5.41, 5.74) is 10.9. The summed E-state index contributed by atoms with van der Waals surface area (Å²) >= 11 is 0. The first-order valence-electron chi connectivity index (χ1n) is 18.2. The van der Waals surface area contributed by atoms with Gasteiger partial charge in [-0.15, -0.1) is 0 Å². The molecule has 0 saturated heterocycles. The summed E-state index contributed by atoms with van der Waals surface area (Å²) < 4.78 is 72.3. The molecule has 4 aromatic rings. The van der Waals surface area contributed by atoms with E-state index in [9.17, 15) is 25.9 Å². The van der Waals surface area contributed by atoms with Gasteiger partial charge in [0, 0.05) is 54.8 Å². The molecule has 0 bridgehead atoms. The van der Waals surface area contributed by atoms with Crippen LogP contribution in [0.2, 0.25) is 0 Å². The van der Waals surface area contributed by atoms with E-state index in [1.165, 1.54) is 24.3 Å². The van der Waals surface area contributed by atoms with Crippen molar-refractivity contribution >= 4 is 42.9 Å². The highest BCUT2D eigenvalue weighted by Crippen LogP contribution is 2.35. The topological polar surface area (TPSA) is 124 Å². The molecule has 54 heavy (non-hydrogen) atoms. The highest BCUT2D eigenvalue weighted by molar-refractivity contribution is 7.86. The van der Waals surface area contributed by atoms with Crippen LogP contribution in [0.3, 0.4) is 0 Å². The Morgan fingerprint density at radius 1 is 0.667 bits per heavy atom. The molecule has 0 radical (unpaired) electrons. The Labute approximate surface area is 320 Å². The molecule has 0 unspecified atom stereocenters. The summed E-state index contributed by atoms with van der Waals surface area (Å²) in [6, 6.07) is 27.5. The number of anilines is 2. The van der Waals surface area contributed by atoms with Crippen molar-refractivity contribution in [1.29, 1.82) is 0 Å². The van der Waals surface area contributed by atoms with Crippen molar-refractivity contribution in [2.45, 2.75) is 64.4 Å². The third-order valence-corrected chi connectivity index (χ3v) is 11.5. The average molecular weight is 767 g/mol. The van der Waals surface area contributed by atoms with Gasteiger partial charge in [-0.3, -0.25) is 0 Å². The van der Waals surface area contributed by atoms with Gasteiger partial charge in [0.05, 0.1) is 9.79 Å². The van der Waals surface area contributed by atoms with Gasteiger partial charge in [-0.05, 0) is 136 Å². The lowest BCUT2D eigenvalue weighted by Crippen LogP contribution is -2.23. The molecule has 1 aliphatic carbocycles. The second-order valence-corrected chi connectivity index (χ2v) is 16.1. The number of hydrogen-bond donors (Lipinski definition) is 0. The minimum absolute atomic E-state index is 0.235. The molecule has 0 spiro atoms. The predicted molar refractivity (Wildman–Crippen MR) is 215 cm³/mol. The highest BCUT2D eigenvalue weighted by atomic mass is 32.2. The monoisotopic (exact) mass is 766 g/mol. The molecule has 0 atom stereocenters. The largest absolute Gasteiger partial charge is 0.744 e. The van der Waals surface area contributed by atoms with Gasteiger partial charge in [0.1, 0.15) is 26.8 Å². The molecule has 0 fully saturated rings. The van der Waals surface area contributed by atoms with Crippen molar-refractivity contribution in [3.8, 4) is 0 Å². The number of rotatable bonds is 14. The molecule has 1 aliphatic rings. The van der Waals surface area contributed by atoms with Crippen molar-refractivity contribution in [2.75, 3.05) is 36.0 Å². The average Bonchev–Trinajstić information content (AvgIpc) is 3.14. The first kappa shape index (κ1) is 40.4. The third kappa shape index (κ3) is 9.46. The fourth-order valence-electron chi connectivity index (χ4n) is 7.03. The molecule has 0 aromatic heterocycles. The van der Waals surface area contributed by atoms with Crippen LogP contribution in [0.25, 0.3) is 5.57 Å². The molecule has 9 nitrogen and oxygen atoms in total. The van der Waals surface area contributed by atoms with Gasteiger partial charge in [0.15, 0.2) is 6.54 Å². The molecule has 0 saturated carbocycles. The normalized spacial score (nSPS) is 15.1. The van der Waals surface area contributed by atoms with E-state index in [4.69, 9.17) is 0 Å². The molecule has 5 rings (SSSR count). The molecule has 0 N–H and O–H groups in total. The molecule has 0 heterocycles. The minimum Gasteiger partial charge on any atom is -0.744 e. The van der Waals surface area contributed by atoms with Crippen LogP contribution in [0, 0.1) is 6.92 Å². The molecule has 4 aromatic carbocycles. The molecule has 11 heteroatoms. The van der Waals surface area contributed by atoms with Crippen LogP contribution in [0.15, 0.2) is 130 Å². The Balaban J connectivity index is 1.57. The van der Waals surface area contributed by atoms with Crippen molar-refractivity contribution < 1.29 is 30.5 Å². The summed E-state index contributed by atoms with van der Waals surface area (Å²) in [4.78, 5) is 4.00. The maximum atomic E-state index is 11.7. The number of hydrogen-bond acceptors (Lipinski definition) is 8. The van der Waals surface area contributed by atoms with Gasteiger partial charge >= 0.3 is 0 Å². The molecule has 284 valence electrons. The standard InChI is InChI=1S/C43H49N3O6S2/c1-7-44(8-2)38-21-17-35(18-22-38)43(36-19-23-41(31(5)25-36)45(9-3)29-33-13-11-15-39(27-33)53(47,48)49)37-20-24-42(32(6)26-37)46(10-4)30-34-14-12-16-40(28-34)54(50,51)52/h11-28H,7-10,29-30H2,1-6H3,(H-,47,48,49,50,51,52)/p-1. The summed E-state index contributed by atoms with van der Waals surface area (Å²) in [7, 11) is -9.12. The van der Waals surface area contributed by atoms with E-state index >= 15 is 0 Å². The van der Waals surface area contributed by atoms with Gasteiger partial charge in [-0.1, -0.05) is 42.5 Å². The fraction of sp³-hybridized carbons (Fsp3) is 0.279. The van der Waals surface area contributed by atoms with Crippen LogP contribution in [0.5, 0.6) is 0 Å². The number of allylic oxidation sites excluding steroid dienone is 5. The van der Waals surface area contributed by atoms with E-state index in [-0.39, 0.29) is 9.79 Å². The van der Waals surface area contributed by atoms with Gasteiger partial charge in [0.2, 0.25) is 5.71 Å². The van der Waals surface area contributed by atoms with E-state index in [0.717, 1.165) is 74.7 Å². The van der Waals surface area contributed by atoms with E-state index in [0.29, 0.717) is 26.2 Å². The van der Waals surface area contributed by atoms with Crippen molar-refractivity contribution in [3.05, 3.63) is 148 Å². The third-order valence-electron chi connectivity index (χ3n) is 9.82. The molecule has 0 amide bonds. The number of aryl methyl sites for hydroxylation is 1. The van der Waals surface area contributed by atoms with Gasteiger partial charge < -0.3 is 18.9 Å². The first-order chi connectivity index (χ1) is 25.7. The maximum Gasteiger partial charge on any atom is 0.203 e. The fourth-order valence-corrected chi connectivity index (χ4v) is 8.12. The Bertz CT molecular complexity index is 2360. The lowest BCUT2D eigenvalue weighted by molar-refractivity contribution is -0.539. The smallest absolute Gasteiger partial charge is 0.203 e. The van der Waals surface area contributed by atoms with Gasteiger partial charge in [0.25, 0.3) is 0 Å². The quantitative estimate of drug-likeness (QED) is 0.0947. The molecular formula is C43H48N3O6S2-. The highest BCUT2D eigenvalue weighted by Gasteiger charge is 2.21. The minimum atomic E-state index is -4.56. The zero-order valence-electron chi connectivity index (χ0n) is 31.7. The lowest BCUT2D eigenvalue weighted by atomic mass is 9.88. The number of nitrogens with zero attached hydrogens (tertiary/aromatic N) is 3. The van der Waals surface area contributed by atoms with Crippen LogP contribution in [-0.4, -0.2) is 62.4 Å². The SMILES string of the molecule is CCN(CC)c1ccc(/C(=C2\C=CC(=[N+](CC)Cc3cccc(S(=O)(=O)[O-])c3)C(C)=C2)c2ccc(N(CC)Cc3cccc(S(=O)(=O)[O-])c3)c(C)c2)cc1. The van der Waals surface area contributed by atoms with Gasteiger partial charge in [-0.2, -0.15) is 0 Å². The van der Waals surface area contributed by atoms with Crippen molar-refractivity contribution in [2.24, 2.45) is 0 Å². The van der Waals surface area contributed by atoms with E-state index in [1.54, 1.807) is 12.1 Å². The Hall–Kier alpha value is -4.81. The van der Waals surface area contributed by atoms with Crippen molar-refractivity contribution in [1.82, 2.24) is 0 Å². The second kappa shape index (κ2) is 17.1. The molecule has 0 aliphatic heterocycles. The lowest BCUT2D eigenvalue weighted by Gasteiger charge is -2.26.